The molecule has 0 heterocycles. The number of anilines is 1. The van der Waals surface area contributed by atoms with Crippen molar-refractivity contribution in [3.63, 3.8) is 0 Å². The number of nitrogens with zero attached hydrogens (tertiary/aromatic N) is 2. The summed E-state index contributed by atoms with van der Waals surface area (Å²) in [5.74, 6) is 0.338. The number of hydrogen-bond donors (Lipinski definition) is 1. The molecule has 0 saturated carbocycles. The lowest BCUT2D eigenvalue weighted by atomic mass is 10.0. The summed E-state index contributed by atoms with van der Waals surface area (Å²) in [6, 6.07) is 33.7. The summed E-state index contributed by atoms with van der Waals surface area (Å²) in [7, 11) is -3.88. The molecule has 8 nitrogen and oxygen atoms in total. The van der Waals surface area contributed by atoms with Crippen LogP contribution in [-0.2, 0) is 32.6 Å². The summed E-state index contributed by atoms with van der Waals surface area (Å²) in [5, 5.41) is 3.02. The first-order valence-corrected chi connectivity index (χ1v) is 16.2. The molecule has 0 saturated heterocycles. The fourth-order valence-electron chi connectivity index (χ4n) is 4.71. The van der Waals surface area contributed by atoms with Gasteiger partial charge in [-0.2, -0.15) is 0 Å². The lowest BCUT2D eigenvalue weighted by molar-refractivity contribution is -0.140. The summed E-state index contributed by atoms with van der Waals surface area (Å²) in [4.78, 5) is 29.5. The Morgan fingerprint density at radius 3 is 1.77 bits per heavy atom. The Bertz CT molecular complexity index is 1620. The number of hydrogen-bond acceptors (Lipinski definition) is 5. The van der Waals surface area contributed by atoms with Crippen LogP contribution in [-0.4, -0.2) is 49.5 Å². The molecular weight excluding hydrogens is 574 g/mol. The van der Waals surface area contributed by atoms with Crippen LogP contribution in [0.5, 0.6) is 11.5 Å². The largest absolute Gasteiger partial charge is 0.457 e. The molecule has 9 heteroatoms. The van der Waals surface area contributed by atoms with Crippen LogP contribution in [0.1, 0.15) is 31.9 Å². The zero-order chi connectivity index (χ0) is 31.7. The Morgan fingerprint density at radius 2 is 1.25 bits per heavy atom. The number of sulfonamides is 1. The quantitative estimate of drug-likeness (QED) is 0.218. The van der Waals surface area contributed by atoms with Gasteiger partial charge in [-0.25, -0.2) is 8.42 Å². The number of para-hydroxylation sites is 1. The van der Waals surface area contributed by atoms with Gasteiger partial charge in [-0.1, -0.05) is 78.9 Å². The van der Waals surface area contributed by atoms with Gasteiger partial charge >= 0.3 is 0 Å². The first kappa shape index (κ1) is 32.3. The van der Waals surface area contributed by atoms with Crippen LogP contribution >= 0.6 is 0 Å². The minimum Gasteiger partial charge on any atom is -0.457 e. The van der Waals surface area contributed by atoms with Crippen molar-refractivity contribution in [2.75, 3.05) is 17.1 Å². The van der Waals surface area contributed by atoms with E-state index in [2.05, 4.69) is 5.32 Å². The highest BCUT2D eigenvalue weighted by molar-refractivity contribution is 7.92. The average molecular weight is 614 g/mol. The Balaban J connectivity index is 1.67. The third-order valence-corrected chi connectivity index (χ3v) is 7.89. The van der Waals surface area contributed by atoms with E-state index in [0.29, 0.717) is 17.2 Å². The van der Waals surface area contributed by atoms with Crippen molar-refractivity contribution in [3.8, 4) is 11.5 Å². The minimum atomic E-state index is -3.88. The average Bonchev–Trinajstić information content (AvgIpc) is 2.98. The third-order valence-electron chi connectivity index (χ3n) is 6.75. The van der Waals surface area contributed by atoms with Gasteiger partial charge in [0, 0.05) is 18.5 Å². The molecule has 0 unspecified atom stereocenters. The Kier molecular flexibility index (Phi) is 10.4. The van der Waals surface area contributed by atoms with E-state index in [1.807, 2.05) is 112 Å². The molecule has 0 aliphatic carbocycles. The molecule has 4 aromatic rings. The van der Waals surface area contributed by atoms with Crippen LogP contribution in [0.25, 0.3) is 0 Å². The predicted octanol–water partition coefficient (Wildman–Crippen LogP) is 5.80. The van der Waals surface area contributed by atoms with E-state index in [9.17, 15) is 18.0 Å². The van der Waals surface area contributed by atoms with Crippen LogP contribution in [0.4, 0.5) is 5.69 Å². The summed E-state index contributed by atoms with van der Waals surface area (Å²) in [5.41, 5.74) is 1.45. The first-order chi connectivity index (χ1) is 20.9. The molecule has 0 bridgehead atoms. The number of benzene rings is 4. The number of carbonyl (C=O) groups is 2. The molecule has 230 valence electrons. The lowest BCUT2D eigenvalue weighted by Gasteiger charge is -2.35. The molecule has 0 aliphatic rings. The second kappa shape index (κ2) is 14.2. The maximum atomic E-state index is 14.2. The molecule has 2 amide bonds. The van der Waals surface area contributed by atoms with Crippen molar-refractivity contribution in [2.24, 2.45) is 0 Å². The van der Waals surface area contributed by atoms with E-state index in [0.717, 1.165) is 21.7 Å². The zero-order valence-electron chi connectivity index (χ0n) is 25.5. The standard InChI is InChI=1S/C35H39N3O5S/c1-35(2,3)36-34(40)32(24-27-14-8-5-9-15-27)37(25-28-16-10-6-11-17-28)33(39)26-38(44(4,41)42)29-20-22-31(23-21-29)43-30-18-12-7-13-19-30/h5-23,32H,24-26H2,1-4H3,(H,36,40)/t32-/m0/s1. The van der Waals surface area contributed by atoms with E-state index in [4.69, 9.17) is 4.74 Å². The second-order valence-electron chi connectivity index (χ2n) is 11.6. The molecule has 0 spiro atoms. The molecule has 0 aromatic heterocycles. The van der Waals surface area contributed by atoms with Gasteiger partial charge in [-0.05, 0) is 68.3 Å². The Morgan fingerprint density at radius 1 is 0.750 bits per heavy atom. The summed E-state index contributed by atoms with van der Waals surface area (Å²) >= 11 is 0. The third kappa shape index (κ3) is 9.44. The van der Waals surface area contributed by atoms with E-state index < -0.39 is 34.1 Å². The van der Waals surface area contributed by atoms with Crippen LogP contribution in [0.2, 0.25) is 0 Å². The van der Waals surface area contributed by atoms with Crippen molar-refractivity contribution < 1.29 is 22.7 Å². The van der Waals surface area contributed by atoms with Crippen molar-refractivity contribution in [3.05, 3.63) is 126 Å². The van der Waals surface area contributed by atoms with Gasteiger partial charge in [0.25, 0.3) is 0 Å². The van der Waals surface area contributed by atoms with Gasteiger partial charge in [0.15, 0.2) is 0 Å². The maximum absolute atomic E-state index is 14.2. The van der Waals surface area contributed by atoms with Crippen molar-refractivity contribution in [1.29, 1.82) is 0 Å². The van der Waals surface area contributed by atoms with Gasteiger partial charge in [0.05, 0.1) is 11.9 Å². The fraction of sp³-hybridized carbons (Fsp3) is 0.257. The van der Waals surface area contributed by atoms with Crippen LogP contribution in [0.3, 0.4) is 0 Å². The van der Waals surface area contributed by atoms with Crippen molar-refractivity contribution >= 4 is 27.5 Å². The molecule has 0 aliphatic heterocycles. The maximum Gasteiger partial charge on any atom is 0.244 e. The van der Waals surface area contributed by atoms with Crippen LogP contribution in [0.15, 0.2) is 115 Å². The first-order valence-electron chi connectivity index (χ1n) is 14.4. The fourth-order valence-corrected chi connectivity index (χ4v) is 5.56. The molecule has 0 fully saturated rings. The number of nitrogens with one attached hydrogen (secondary N) is 1. The van der Waals surface area contributed by atoms with Gasteiger partial charge < -0.3 is 15.0 Å². The number of amides is 2. The van der Waals surface area contributed by atoms with Crippen molar-refractivity contribution in [2.45, 2.75) is 45.3 Å². The lowest BCUT2D eigenvalue weighted by Crippen LogP contribution is -2.56. The summed E-state index contributed by atoms with van der Waals surface area (Å²) in [6.07, 6.45) is 1.32. The smallest absolute Gasteiger partial charge is 0.244 e. The second-order valence-corrected chi connectivity index (χ2v) is 13.5. The summed E-state index contributed by atoms with van der Waals surface area (Å²) in [6.45, 7) is 5.27. The Hall–Kier alpha value is -4.63. The number of ether oxygens (including phenoxy) is 1. The van der Waals surface area contributed by atoms with Gasteiger partial charge in [-0.15, -0.1) is 0 Å². The molecule has 4 aromatic carbocycles. The minimum absolute atomic E-state index is 0.121. The van der Waals surface area contributed by atoms with E-state index in [1.54, 1.807) is 24.3 Å². The van der Waals surface area contributed by atoms with Crippen molar-refractivity contribution in [1.82, 2.24) is 10.2 Å². The normalized spacial score (nSPS) is 12.2. The molecule has 0 radical (unpaired) electrons. The van der Waals surface area contributed by atoms with Crippen LogP contribution < -0.4 is 14.4 Å². The summed E-state index contributed by atoms with van der Waals surface area (Å²) < 4.78 is 33.0. The molecular formula is C35H39N3O5S. The molecule has 1 atom stereocenters. The SMILES string of the molecule is CC(C)(C)NC(=O)[C@H](Cc1ccccc1)N(Cc1ccccc1)C(=O)CN(c1ccc(Oc2ccccc2)cc1)S(C)(=O)=O. The van der Waals surface area contributed by atoms with E-state index in [1.165, 1.54) is 4.90 Å². The number of carbonyl (C=O) groups excluding carboxylic acids is 2. The van der Waals surface area contributed by atoms with Gasteiger partial charge in [0.2, 0.25) is 21.8 Å². The Labute approximate surface area is 260 Å². The zero-order valence-corrected chi connectivity index (χ0v) is 26.3. The monoisotopic (exact) mass is 613 g/mol. The van der Waals surface area contributed by atoms with Gasteiger partial charge in [0.1, 0.15) is 24.1 Å². The van der Waals surface area contributed by atoms with E-state index >= 15 is 0 Å². The van der Waals surface area contributed by atoms with E-state index in [-0.39, 0.29) is 18.9 Å². The van der Waals surface area contributed by atoms with Crippen LogP contribution in [0, 0.1) is 0 Å². The van der Waals surface area contributed by atoms with Gasteiger partial charge in [-0.3, -0.25) is 13.9 Å². The topological polar surface area (TPSA) is 96.0 Å². The highest BCUT2D eigenvalue weighted by Crippen LogP contribution is 2.26. The molecule has 1 N–H and O–H groups in total. The predicted molar refractivity (Wildman–Crippen MR) is 174 cm³/mol. The number of rotatable bonds is 12. The highest BCUT2D eigenvalue weighted by Gasteiger charge is 2.34. The highest BCUT2D eigenvalue weighted by atomic mass is 32.2. The molecule has 44 heavy (non-hydrogen) atoms. The molecule has 4 rings (SSSR count).